The van der Waals surface area contributed by atoms with Crippen LogP contribution in [0.4, 0.5) is 0 Å². The Labute approximate surface area is 124 Å². The molecule has 1 saturated heterocycles. The van der Waals surface area contributed by atoms with Crippen LogP contribution in [-0.2, 0) is 28.2 Å². The van der Waals surface area contributed by atoms with Crippen molar-refractivity contribution in [1.29, 1.82) is 0 Å². The monoisotopic (exact) mass is 314 g/mol. The Morgan fingerprint density at radius 2 is 2.15 bits per heavy atom. The lowest BCUT2D eigenvalue weighted by molar-refractivity contribution is 0.373. The second-order valence-electron chi connectivity index (χ2n) is 5.95. The Morgan fingerprint density at radius 3 is 2.80 bits per heavy atom. The number of hydrogen-bond donors (Lipinski definition) is 1. The molecule has 1 N–H and O–H groups in total. The summed E-state index contributed by atoms with van der Waals surface area (Å²) in [7, 11) is -2.93. The molecule has 1 aromatic heterocycles. The van der Waals surface area contributed by atoms with E-state index in [1.807, 2.05) is 0 Å². The van der Waals surface area contributed by atoms with E-state index >= 15 is 0 Å². The lowest BCUT2D eigenvalue weighted by Gasteiger charge is -2.26. The van der Waals surface area contributed by atoms with E-state index in [-0.39, 0.29) is 11.5 Å². The van der Waals surface area contributed by atoms with Crippen LogP contribution in [0.1, 0.15) is 48.2 Å². The van der Waals surface area contributed by atoms with Gasteiger partial charge in [0, 0.05) is 4.88 Å². The zero-order valence-corrected chi connectivity index (χ0v) is 13.6. The summed E-state index contributed by atoms with van der Waals surface area (Å²) in [6.07, 6.45) is 6.30. The van der Waals surface area contributed by atoms with Gasteiger partial charge in [-0.15, -0.1) is 11.3 Å². The molecule has 1 aliphatic carbocycles. The fraction of sp³-hybridized carbons (Fsp3) is 0.786. The van der Waals surface area contributed by atoms with Crippen LogP contribution >= 0.6 is 11.3 Å². The van der Waals surface area contributed by atoms with Crippen LogP contribution < -0.4 is 5.32 Å². The Bertz CT molecular complexity index is 571. The number of nitrogens with zero attached hydrogens (tertiary/aromatic N) is 1. The van der Waals surface area contributed by atoms with Gasteiger partial charge in [0.15, 0.2) is 9.84 Å². The highest BCUT2D eigenvalue weighted by Gasteiger charge is 2.45. The van der Waals surface area contributed by atoms with Crippen LogP contribution in [-0.4, -0.2) is 31.5 Å². The van der Waals surface area contributed by atoms with Crippen molar-refractivity contribution < 1.29 is 8.42 Å². The maximum atomic E-state index is 12.0. The van der Waals surface area contributed by atoms with Crippen LogP contribution in [0, 0.1) is 0 Å². The van der Waals surface area contributed by atoms with E-state index in [1.54, 1.807) is 11.3 Å². The van der Waals surface area contributed by atoms with Crippen LogP contribution in [0.25, 0.3) is 0 Å². The van der Waals surface area contributed by atoms with Gasteiger partial charge < -0.3 is 5.32 Å². The molecule has 112 valence electrons. The van der Waals surface area contributed by atoms with Crippen molar-refractivity contribution in [2.24, 2.45) is 0 Å². The lowest BCUT2D eigenvalue weighted by Crippen LogP contribution is -2.44. The Hall–Kier alpha value is -0.460. The molecular formula is C14H22N2O2S2. The summed E-state index contributed by atoms with van der Waals surface area (Å²) in [6, 6.07) is 0. The number of aromatic nitrogens is 1. The molecule has 1 fully saturated rings. The molecule has 2 heterocycles. The minimum atomic E-state index is -2.93. The van der Waals surface area contributed by atoms with Gasteiger partial charge >= 0.3 is 0 Å². The van der Waals surface area contributed by atoms with E-state index in [1.165, 1.54) is 23.4 Å². The Balaban J connectivity index is 1.95. The fourth-order valence-electron chi connectivity index (χ4n) is 3.15. The number of fused-ring (bicyclic) bond motifs is 1. The predicted molar refractivity (Wildman–Crippen MR) is 82.0 cm³/mol. The van der Waals surface area contributed by atoms with Gasteiger partial charge in [-0.05, 0) is 45.1 Å². The van der Waals surface area contributed by atoms with Crippen molar-refractivity contribution in [1.82, 2.24) is 10.3 Å². The van der Waals surface area contributed by atoms with E-state index < -0.39 is 15.4 Å². The molecular weight excluding hydrogens is 292 g/mol. The number of sulfone groups is 1. The Kier molecular flexibility index (Phi) is 3.90. The maximum Gasteiger partial charge on any atom is 0.152 e. The summed E-state index contributed by atoms with van der Waals surface area (Å²) >= 11 is 1.74. The van der Waals surface area contributed by atoms with Crippen LogP contribution in [0.15, 0.2) is 0 Å². The molecule has 0 saturated carbocycles. The number of hydrogen-bond acceptors (Lipinski definition) is 5. The summed E-state index contributed by atoms with van der Waals surface area (Å²) in [5.41, 5.74) is 0.801. The largest absolute Gasteiger partial charge is 0.305 e. The quantitative estimate of drug-likeness (QED) is 0.924. The number of thiazole rings is 1. The SMILES string of the molecule is CCCNC1(c2nc3c(s2)CCCC3)CCS(=O)(=O)C1. The molecule has 0 aromatic carbocycles. The summed E-state index contributed by atoms with van der Waals surface area (Å²) in [5.74, 6) is 0.500. The molecule has 1 atom stereocenters. The number of nitrogens with one attached hydrogen (secondary N) is 1. The first-order chi connectivity index (χ1) is 9.55. The third kappa shape index (κ3) is 2.65. The van der Waals surface area contributed by atoms with Gasteiger partial charge in [-0.1, -0.05) is 6.92 Å². The van der Waals surface area contributed by atoms with Crippen molar-refractivity contribution in [2.75, 3.05) is 18.1 Å². The fourth-order valence-corrected chi connectivity index (χ4v) is 6.53. The van der Waals surface area contributed by atoms with Crippen LogP contribution in [0.3, 0.4) is 0 Å². The lowest BCUT2D eigenvalue weighted by atomic mass is 9.99. The smallest absolute Gasteiger partial charge is 0.152 e. The normalized spacial score (nSPS) is 28.4. The van der Waals surface area contributed by atoms with Gasteiger partial charge in [-0.2, -0.15) is 0 Å². The minimum Gasteiger partial charge on any atom is -0.305 e. The van der Waals surface area contributed by atoms with E-state index in [0.717, 1.165) is 30.8 Å². The van der Waals surface area contributed by atoms with E-state index in [4.69, 9.17) is 4.98 Å². The number of aryl methyl sites for hydroxylation is 2. The van der Waals surface area contributed by atoms with Gasteiger partial charge in [0.2, 0.25) is 0 Å². The Morgan fingerprint density at radius 1 is 1.35 bits per heavy atom. The molecule has 1 aromatic rings. The number of rotatable bonds is 4. The third-order valence-corrected chi connectivity index (χ3v) is 7.39. The zero-order valence-electron chi connectivity index (χ0n) is 11.9. The second-order valence-corrected chi connectivity index (χ2v) is 9.21. The molecule has 2 aliphatic rings. The van der Waals surface area contributed by atoms with Gasteiger partial charge in [0.25, 0.3) is 0 Å². The summed E-state index contributed by atoms with van der Waals surface area (Å²) in [6.45, 7) is 2.96. The topological polar surface area (TPSA) is 59.1 Å². The van der Waals surface area contributed by atoms with E-state index in [9.17, 15) is 8.42 Å². The van der Waals surface area contributed by atoms with Crippen molar-refractivity contribution in [3.8, 4) is 0 Å². The van der Waals surface area contributed by atoms with Crippen LogP contribution in [0.5, 0.6) is 0 Å². The molecule has 0 spiro atoms. The van der Waals surface area contributed by atoms with Crippen molar-refractivity contribution >= 4 is 21.2 Å². The van der Waals surface area contributed by atoms with Crippen LogP contribution in [0.2, 0.25) is 0 Å². The first-order valence-corrected chi connectivity index (χ1v) is 10.1. The highest BCUT2D eigenvalue weighted by atomic mass is 32.2. The van der Waals surface area contributed by atoms with E-state index in [2.05, 4.69) is 12.2 Å². The second kappa shape index (κ2) is 5.39. The maximum absolute atomic E-state index is 12.0. The van der Waals surface area contributed by atoms with Gasteiger partial charge in [0.05, 0.1) is 22.7 Å². The first-order valence-electron chi connectivity index (χ1n) is 7.49. The third-order valence-electron chi connectivity index (χ3n) is 4.27. The molecule has 3 rings (SSSR count). The summed E-state index contributed by atoms with van der Waals surface area (Å²) < 4.78 is 23.9. The summed E-state index contributed by atoms with van der Waals surface area (Å²) in [5, 5.41) is 4.51. The molecule has 0 radical (unpaired) electrons. The van der Waals surface area contributed by atoms with Crippen molar-refractivity contribution in [3.05, 3.63) is 15.6 Å². The average molecular weight is 314 g/mol. The first kappa shape index (κ1) is 14.5. The van der Waals surface area contributed by atoms with E-state index in [0.29, 0.717) is 6.42 Å². The molecule has 4 nitrogen and oxygen atoms in total. The molecule has 1 unspecified atom stereocenters. The molecule has 20 heavy (non-hydrogen) atoms. The molecule has 6 heteroatoms. The predicted octanol–water partition coefficient (Wildman–Crippen LogP) is 2.04. The van der Waals surface area contributed by atoms with Gasteiger partial charge in [0.1, 0.15) is 5.01 Å². The van der Waals surface area contributed by atoms with Gasteiger partial charge in [-0.25, -0.2) is 13.4 Å². The molecule has 0 bridgehead atoms. The highest BCUT2D eigenvalue weighted by Crippen LogP contribution is 2.38. The summed E-state index contributed by atoms with van der Waals surface area (Å²) in [4.78, 5) is 6.20. The van der Waals surface area contributed by atoms with Crippen molar-refractivity contribution in [2.45, 2.75) is 51.0 Å². The molecule has 0 amide bonds. The van der Waals surface area contributed by atoms with Gasteiger partial charge in [-0.3, -0.25) is 0 Å². The molecule has 1 aliphatic heterocycles. The van der Waals surface area contributed by atoms with Crippen molar-refractivity contribution in [3.63, 3.8) is 0 Å². The zero-order chi connectivity index (χ0) is 14.2. The highest BCUT2D eigenvalue weighted by molar-refractivity contribution is 7.91. The standard InChI is InChI=1S/C14H22N2O2S2/c1-2-8-15-14(7-9-20(17,18)10-14)13-16-11-5-3-4-6-12(11)19-13/h15H,2-10H2,1H3. The average Bonchev–Trinajstić information content (AvgIpc) is 2.98. The minimum absolute atomic E-state index is 0.215.